The number of carbonyl (C=O) groups excluding carboxylic acids is 1. The molecule has 25 heavy (non-hydrogen) atoms. The number of hydrogen-bond donors (Lipinski definition) is 0. The van der Waals surface area contributed by atoms with Crippen molar-refractivity contribution >= 4 is 21.6 Å². The van der Waals surface area contributed by atoms with Crippen molar-refractivity contribution < 1.29 is 13.2 Å². The lowest BCUT2D eigenvalue weighted by atomic mass is 10.1. The third kappa shape index (κ3) is 4.43. The zero-order chi connectivity index (χ0) is 18.6. The van der Waals surface area contributed by atoms with Crippen LogP contribution in [0, 0.1) is 13.8 Å². The largest absolute Gasteiger partial charge is 0.312 e. The molecule has 0 unspecified atom stereocenters. The van der Waals surface area contributed by atoms with Gasteiger partial charge in [-0.05, 0) is 56.2 Å². The summed E-state index contributed by atoms with van der Waals surface area (Å²) in [6.07, 6.45) is 2.78. The van der Waals surface area contributed by atoms with E-state index in [0.717, 1.165) is 21.1 Å². The minimum atomic E-state index is -3.75. The van der Waals surface area contributed by atoms with Crippen molar-refractivity contribution in [3.8, 4) is 0 Å². The molecule has 0 spiro atoms. The third-order valence-electron chi connectivity index (χ3n) is 3.84. The molecule has 0 aliphatic heterocycles. The Kier molecular flexibility index (Phi) is 5.92. The number of aryl methyl sites for hydroxylation is 2. The monoisotopic (exact) mass is 361 g/mol. The lowest BCUT2D eigenvalue weighted by molar-refractivity contribution is -0.118. The SMILES string of the molecule is CCN(C(=O)CN(C)S(=O)(=O)c1cccnc1)c1cc(C)cc(C)c1. The van der Waals surface area contributed by atoms with E-state index in [0.29, 0.717) is 6.54 Å². The molecule has 1 heterocycles. The van der Waals surface area contributed by atoms with Crippen LogP contribution in [0.3, 0.4) is 0 Å². The van der Waals surface area contributed by atoms with E-state index in [9.17, 15) is 13.2 Å². The molecule has 0 saturated heterocycles. The van der Waals surface area contributed by atoms with Gasteiger partial charge in [0.1, 0.15) is 4.90 Å². The molecular formula is C18H23N3O3S. The van der Waals surface area contributed by atoms with Crippen molar-refractivity contribution in [2.45, 2.75) is 25.7 Å². The van der Waals surface area contributed by atoms with Crippen LogP contribution in [0.25, 0.3) is 0 Å². The summed E-state index contributed by atoms with van der Waals surface area (Å²) >= 11 is 0. The number of benzene rings is 1. The molecule has 134 valence electrons. The molecule has 0 atom stereocenters. The molecule has 7 heteroatoms. The highest BCUT2D eigenvalue weighted by Crippen LogP contribution is 2.20. The van der Waals surface area contributed by atoms with Crippen molar-refractivity contribution in [2.75, 3.05) is 25.0 Å². The number of pyridine rings is 1. The fourth-order valence-electron chi connectivity index (χ4n) is 2.65. The van der Waals surface area contributed by atoms with Gasteiger partial charge < -0.3 is 4.90 Å². The Morgan fingerprint density at radius 2 is 1.80 bits per heavy atom. The van der Waals surface area contributed by atoms with Gasteiger partial charge in [-0.1, -0.05) is 6.07 Å². The summed E-state index contributed by atoms with van der Waals surface area (Å²) < 4.78 is 26.1. The highest BCUT2D eigenvalue weighted by molar-refractivity contribution is 7.89. The number of aromatic nitrogens is 1. The molecule has 0 saturated carbocycles. The zero-order valence-electron chi connectivity index (χ0n) is 14.9. The maximum Gasteiger partial charge on any atom is 0.244 e. The van der Waals surface area contributed by atoms with Crippen LogP contribution >= 0.6 is 0 Å². The molecule has 2 aromatic rings. The number of hydrogen-bond acceptors (Lipinski definition) is 4. The standard InChI is InChI=1S/C18H23N3O3S/c1-5-21(16-10-14(2)9-15(3)11-16)18(22)13-20(4)25(23,24)17-7-6-8-19-12-17/h6-12H,5,13H2,1-4H3. The number of anilines is 1. The molecule has 1 aromatic heterocycles. The second-order valence-corrected chi connectivity index (χ2v) is 7.98. The van der Waals surface area contributed by atoms with Crippen molar-refractivity contribution in [3.05, 3.63) is 53.9 Å². The van der Waals surface area contributed by atoms with Crippen molar-refractivity contribution in [3.63, 3.8) is 0 Å². The molecule has 0 aliphatic rings. The third-order valence-corrected chi connectivity index (χ3v) is 5.62. The second-order valence-electron chi connectivity index (χ2n) is 5.93. The lowest BCUT2D eigenvalue weighted by Gasteiger charge is -2.25. The number of amides is 1. The van der Waals surface area contributed by atoms with E-state index < -0.39 is 10.0 Å². The molecule has 6 nitrogen and oxygen atoms in total. The predicted molar refractivity (Wildman–Crippen MR) is 98.0 cm³/mol. The van der Waals surface area contributed by atoms with Gasteiger partial charge in [0.05, 0.1) is 6.54 Å². The van der Waals surface area contributed by atoms with E-state index in [1.165, 1.54) is 25.5 Å². The summed E-state index contributed by atoms with van der Waals surface area (Å²) in [4.78, 5) is 18.2. The molecule has 2 rings (SSSR count). The van der Waals surface area contributed by atoms with Gasteiger partial charge in [-0.3, -0.25) is 9.78 Å². The van der Waals surface area contributed by atoms with Crippen molar-refractivity contribution in [2.24, 2.45) is 0 Å². The van der Waals surface area contributed by atoms with Gasteiger partial charge in [-0.25, -0.2) is 8.42 Å². The quantitative estimate of drug-likeness (QED) is 0.792. The van der Waals surface area contributed by atoms with E-state index in [1.54, 1.807) is 11.0 Å². The first-order valence-corrected chi connectivity index (χ1v) is 9.44. The molecule has 1 aromatic carbocycles. The Labute approximate surface area is 149 Å². The highest BCUT2D eigenvalue weighted by Gasteiger charge is 2.25. The fourth-order valence-corrected chi connectivity index (χ4v) is 3.73. The number of rotatable bonds is 6. The Morgan fingerprint density at radius 3 is 2.32 bits per heavy atom. The van der Waals surface area contributed by atoms with Crippen molar-refractivity contribution in [1.29, 1.82) is 0 Å². The molecular weight excluding hydrogens is 338 g/mol. The van der Waals surface area contributed by atoms with Gasteiger partial charge in [-0.15, -0.1) is 0 Å². The van der Waals surface area contributed by atoms with Crippen molar-refractivity contribution in [1.82, 2.24) is 9.29 Å². The molecule has 0 N–H and O–H groups in total. The first kappa shape index (κ1) is 19.1. The van der Waals surface area contributed by atoms with Crippen LogP contribution in [0.2, 0.25) is 0 Å². The Morgan fingerprint density at radius 1 is 1.16 bits per heavy atom. The summed E-state index contributed by atoms with van der Waals surface area (Å²) in [5.41, 5.74) is 2.88. The summed E-state index contributed by atoms with van der Waals surface area (Å²) in [6.45, 7) is 6.02. The van der Waals surface area contributed by atoms with Gasteiger partial charge in [0.2, 0.25) is 15.9 Å². The molecule has 0 bridgehead atoms. The lowest BCUT2D eigenvalue weighted by Crippen LogP contribution is -2.41. The average molecular weight is 361 g/mol. The van der Waals surface area contributed by atoms with Gasteiger partial charge in [-0.2, -0.15) is 4.31 Å². The minimum Gasteiger partial charge on any atom is -0.312 e. The van der Waals surface area contributed by atoms with Gasteiger partial charge in [0, 0.05) is 31.7 Å². The molecule has 1 amide bonds. The van der Waals surface area contributed by atoms with Gasteiger partial charge in [0.25, 0.3) is 0 Å². The van der Waals surface area contributed by atoms with E-state index >= 15 is 0 Å². The van der Waals surface area contributed by atoms with E-state index in [2.05, 4.69) is 4.98 Å². The first-order chi connectivity index (χ1) is 11.8. The van der Waals surface area contributed by atoms with Crippen LogP contribution in [0.1, 0.15) is 18.1 Å². The minimum absolute atomic E-state index is 0.0692. The average Bonchev–Trinajstić information content (AvgIpc) is 2.55. The highest BCUT2D eigenvalue weighted by atomic mass is 32.2. The number of nitrogens with zero attached hydrogens (tertiary/aromatic N) is 3. The van der Waals surface area contributed by atoms with Crippen LogP contribution in [-0.4, -0.2) is 43.8 Å². The topological polar surface area (TPSA) is 70.6 Å². The van der Waals surface area contributed by atoms with E-state index in [1.807, 2.05) is 39.0 Å². The Bertz CT molecular complexity index is 831. The second kappa shape index (κ2) is 7.76. The molecule has 0 aliphatic carbocycles. The number of carbonyl (C=O) groups is 1. The van der Waals surface area contributed by atoms with Gasteiger partial charge in [0.15, 0.2) is 0 Å². The first-order valence-electron chi connectivity index (χ1n) is 8.00. The van der Waals surface area contributed by atoms with E-state index in [-0.39, 0.29) is 17.3 Å². The normalized spacial score (nSPS) is 11.6. The fraction of sp³-hybridized carbons (Fsp3) is 0.333. The smallest absolute Gasteiger partial charge is 0.244 e. The van der Waals surface area contributed by atoms with Gasteiger partial charge >= 0.3 is 0 Å². The van der Waals surface area contributed by atoms with Crippen LogP contribution in [0.15, 0.2) is 47.6 Å². The maximum atomic E-state index is 12.7. The van der Waals surface area contributed by atoms with Crippen LogP contribution in [-0.2, 0) is 14.8 Å². The summed E-state index contributed by atoms with van der Waals surface area (Å²) in [5.74, 6) is -0.275. The Balaban J connectivity index is 2.22. The van der Waals surface area contributed by atoms with E-state index in [4.69, 9.17) is 0 Å². The summed E-state index contributed by atoms with van der Waals surface area (Å²) in [7, 11) is -2.35. The predicted octanol–water partition coefficient (Wildman–Crippen LogP) is 2.37. The molecule has 0 radical (unpaired) electrons. The number of likely N-dealkylation sites (N-methyl/N-ethyl adjacent to an activating group) is 2. The van der Waals surface area contributed by atoms with Crippen LogP contribution in [0.4, 0.5) is 5.69 Å². The summed E-state index contributed by atoms with van der Waals surface area (Å²) in [6, 6.07) is 8.88. The van der Waals surface area contributed by atoms with Crippen LogP contribution in [0.5, 0.6) is 0 Å². The Hall–Kier alpha value is -2.25. The maximum absolute atomic E-state index is 12.7. The van der Waals surface area contributed by atoms with Crippen LogP contribution < -0.4 is 4.90 Å². The number of sulfonamides is 1. The molecule has 0 fully saturated rings. The zero-order valence-corrected chi connectivity index (χ0v) is 15.7. The summed E-state index contributed by atoms with van der Waals surface area (Å²) in [5, 5.41) is 0.